The number of benzene rings is 1. The predicted molar refractivity (Wildman–Crippen MR) is 74.4 cm³/mol. The fraction of sp³-hybridized carbons (Fsp3) is 0.533. The first kappa shape index (κ1) is 14.0. The fourth-order valence-electron chi connectivity index (χ4n) is 2.50. The number of carbonyl (C=O) groups is 1. The minimum atomic E-state index is -1.25. The van der Waals surface area contributed by atoms with E-state index < -0.39 is 5.60 Å². The van der Waals surface area contributed by atoms with Crippen LogP contribution in [0.5, 0.6) is 0 Å². The Hall–Kier alpha value is -1.39. The summed E-state index contributed by atoms with van der Waals surface area (Å²) in [6, 6.07) is 9.75. The van der Waals surface area contributed by atoms with Gasteiger partial charge < -0.3 is 16.2 Å². The molecule has 4 heteroatoms. The minimum Gasteiger partial charge on any atom is -0.380 e. The van der Waals surface area contributed by atoms with Gasteiger partial charge in [0.2, 0.25) is 0 Å². The summed E-state index contributed by atoms with van der Waals surface area (Å²) < 4.78 is 0. The normalized spacial score (nSPS) is 28.7. The highest BCUT2D eigenvalue weighted by Gasteiger charge is 2.39. The second-order valence-corrected chi connectivity index (χ2v) is 5.47. The monoisotopic (exact) mass is 262 g/mol. The highest BCUT2D eigenvalue weighted by Crippen LogP contribution is 2.28. The number of amides is 1. The van der Waals surface area contributed by atoms with Gasteiger partial charge in [0.05, 0.1) is 6.04 Å². The molecule has 0 aromatic heterocycles. The average molecular weight is 262 g/mol. The summed E-state index contributed by atoms with van der Waals surface area (Å²) in [7, 11) is 0. The van der Waals surface area contributed by atoms with Gasteiger partial charge in [-0.15, -0.1) is 0 Å². The Labute approximate surface area is 114 Å². The molecule has 0 saturated heterocycles. The molecule has 104 valence electrons. The van der Waals surface area contributed by atoms with Crippen LogP contribution in [0.4, 0.5) is 0 Å². The smallest absolute Gasteiger partial charge is 0.252 e. The molecule has 2 rings (SSSR count). The maximum atomic E-state index is 12.2. The summed E-state index contributed by atoms with van der Waals surface area (Å²) in [6.45, 7) is 1.92. The van der Waals surface area contributed by atoms with Crippen molar-refractivity contribution in [3.63, 3.8) is 0 Å². The van der Waals surface area contributed by atoms with E-state index >= 15 is 0 Å². The van der Waals surface area contributed by atoms with Crippen LogP contribution in [0.15, 0.2) is 30.3 Å². The third-order valence-electron chi connectivity index (χ3n) is 3.93. The third-order valence-corrected chi connectivity index (χ3v) is 3.93. The molecule has 1 aliphatic carbocycles. The molecule has 4 nitrogen and oxygen atoms in total. The quantitative estimate of drug-likeness (QED) is 0.772. The van der Waals surface area contributed by atoms with Crippen LogP contribution in [0.3, 0.4) is 0 Å². The van der Waals surface area contributed by atoms with Crippen molar-refractivity contribution < 1.29 is 9.90 Å². The molecule has 0 aliphatic heterocycles. The third kappa shape index (κ3) is 3.33. The van der Waals surface area contributed by atoms with E-state index in [0.717, 1.165) is 5.56 Å². The second-order valence-electron chi connectivity index (χ2n) is 5.47. The van der Waals surface area contributed by atoms with Gasteiger partial charge in [0.1, 0.15) is 5.60 Å². The lowest BCUT2D eigenvalue weighted by molar-refractivity contribution is -0.144. The number of nitrogens with one attached hydrogen (secondary N) is 1. The lowest BCUT2D eigenvalue weighted by atomic mass is 9.81. The largest absolute Gasteiger partial charge is 0.380 e. The lowest BCUT2D eigenvalue weighted by Gasteiger charge is -2.34. The number of carbonyl (C=O) groups excluding carboxylic acids is 1. The Morgan fingerprint density at radius 1 is 1.37 bits per heavy atom. The van der Waals surface area contributed by atoms with Crippen molar-refractivity contribution in [1.82, 2.24) is 5.32 Å². The predicted octanol–water partition coefficient (Wildman–Crippen LogP) is 1.50. The van der Waals surface area contributed by atoms with E-state index in [1.807, 2.05) is 37.3 Å². The van der Waals surface area contributed by atoms with Crippen molar-refractivity contribution in [2.75, 3.05) is 0 Å². The van der Waals surface area contributed by atoms with Gasteiger partial charge in [0.15, 0.2) is 0 Å². The van der Waals surface area contributed by atoms with E-state index in [1.165, 1.54) is 0 Å². The molecule has 4 N–H and O–H groups in total. The molecule has 1 amide bonds. The summed E-state index contributed by atoms with van der Waals surface area (Å²) in [6.07, 6.45) is 2.29. The molecule has 0 unspecified atom stereocenters. The van der Waals surface area contributed by atoms with Crippen molar-refractivity contribution in [2.45, 2.75) is 50.3 Å². The van der Waals surface area contributed by atoms with Crippen LogP contribution in [0, 0.1) is 0 Å². The molecule has 0 heterocycles. The Morgan fingerprint density at radius 2 is 1.95 bits per heavy atom. The molecule has 0 spiro atoms. The van der Waals surface area contributed by atoms with E-state index in [-0.39, 0.29) is 18.0 Å². The van der Waals surface area contributed by atoms with Crippen molar-refractivity contribution >= 4 is 5.91 Å². The van der Waals surface area contributed by atoms with Gasteiger partial charge >= 0.3 is 0 Å². The highest BCUT2D eigenvalue weighted by atomic mass is 16.3. The number of rotatable bonds is 3. The first-order valence-electron chi connectivity index (χ1n) is 6.85. The molecule has 1 saturated carbocycles. The van der Waals surface area contributed by atoms with Crippen molar-refractivity contribution in [3.8, 4) is 0 Å². The second kappa shape index (κ2) is 5.72. The SMILES string of the molecule is C[C@@H](NC(=O)C1(O)CCC(N)CC1)c1ccccc1. The van der Waals surface area contributed by atoms with E-state index in [4.69, 9.17) is 5.73 Å². The van der Waals surface area contributed by atoms with Gasteiger partial charge in [-0.2, -0.15) is 0 Å². The lowest BCUT2D eigenvalue weighted by Crippen LogP contribution is -2.51. The highest BCUT2D eigenvalue weighted by molar-refractivity contribution is 5.85. The number of hydrogen-bond donors (Lipinski definition) is 3. The summed E-state index contributed by atoms with van der Waals surface area (Å²) >= 11 is 0. The van der Waals surface area contributed by atoms with Crippen molar-refractivity contribution in [2.24, 2.45) is 5.73 Å². The summed E-state index contributed by atoms with van der Waals surface area (Å²) in [5, 5.41) is 13.3. The molecule has 1 aromatic rings. The van der Waals surface area contributed by atoms with E-state index in [1.54, 1.807) is 0 Å². The molecule has 0 bridgehead atoms. The van der Waals surface area contributed by atoms with Crippen LogP contribution < -0.4 is 11.1 Å². The van der Waals surface area contributed by atoms with Crippen molar-refractivity contribution in [1.29, 1.82) is 0 Å². The van der Waals surface area contributed by atoms with Gasteiger partial charge in [-0.3, -0.25) is 4.79 Å². The van der Waals surface area contributed by atoms with E-state index in [2.05, 4.69) is 5.32 Å². The summed E-state index contributed by atoms with van der Waals surface area (Å²) in [5.41, 5.74) is 5.59. The zero-order valence-corrected chi connectivity index (χ0v) is 11.3. The Balaban J connectivity index is 1.97. The topological polar surface area (TPSA) is 75.3 Å². The van der Waals surface area contributed by atoms with E-state index in [9.17, 15) is 9.90 Å². The first-order valence-corrected chi connectivity index (χ1v) is 6.85. The standard InChI is InChI=1S/C15H22N2O2/c1-11(12-5-3-2-4-6-12)17-14(18)15(19)9-7-13(16)8-10-15/h2-6,11,13,19H,7-10,16H2,1H3,(H,17,18)/t11-,13?,15?/m1/s1. The molecule has 1 aromatic carbocycles. The fourth-order valence-corrected chi connectivity index (χ4v) is 2.50. The molecular formula is C15H22N2O2. The molecule has 1 fully saturated rings. The summed E-state index contributed by atoms with van der Waals surface area (Å²) in [4.78, 5) is 12.2. The van der Waals surface area contributed by atoms with Crippen molar-refractivity contribution in [3.05, 3.63) is 35.9 Å². The zero-order valence-electron chi connectivity index (χ0n) is 11.3. The Kier molecular flexibility index (Phi) is 4.22. The van der Waals surface area contributed by atoms with E-state index in [0.29, 0.717) is 25.7 Å². The molecule has 1 aliphatic rings. The van der Waals surface area contributed by atoms with Crippen LogP contribution in [-0.4, -0.2) is 22.7 Å². The Morgan fingerprint density at radius 3 is 2.53 bits per heavy atom. The molecular weight excluding hydrogens is 240 g/mol. The van der Waals surface area contributed by atoms with Crippen LogP contribution in [0.2, 0.25) is 0 Å². The van der Waals surface area contributed by atoms with Crippen LogP contribution >= 0.6 is 0 Å². The zero-order chi connectivity index (χ0) is 13.9. The minimum absolute atomic E-state index is 0.103. The molecule has 1 atom stereocenters. The van der Waals surface area contributed by atoms with Crippen LogP contribution in [-0.2, 0) is 4.79 Å². The number of hydrogen-bond acceptors (Lipinski definition) is 3. The van der Waals surface area contributed by atoms with Gasteiger partial charge in [-0.25, -0.2) is 0 Å². The maximum absolute atomic E-state index is 12.2. The molecule has 19 heavy (non-hydrogen) atoms. The van der Waals surface area contributed by atoms with Gasteiger partial charge in [0, 0.05) is 6.04 Å². The summed E-state index contributed by atoms with van der Waals surface area (Å²) in [5.74, 6) is -0.282. The van der Waals surface area contributed by atoms with Gasteiger partial charge in [-0.1, -0.05) is 30.3 Å². The maximum Gasteiger partial charge on any atom is 0.252 e. The van der Waals surface area contributed by atoms with Gasteiger partial charge in [0.25, 0.3) is 5.91 Å². The van der Waals surface area contributed by atoms with Gasteiger partial charge in [-0.05, 0) is 38.2 Å². The first-order chi connectivity index (χ1) is 9.01. The Bertz CT molecular complexity index is 425. The number of nitrogens with two attached hydrogens (primary N) is 1. The van der Waals surface area contributed by atoms with Crippen LogP contribution in [0.25, 0.3) is 0 Å². The molecule has 0 radical (unpaired) electrons. The average Bonchev–Trinajstić information content (AvgIpc) is 2.43. The number of aliphatic hydroxyl groups is 1. The van der Waals surface area contributed by atoms with Crippen LogP contribution in [0.1, 0.15) is 44.2 Å².